The van der Waals surface area contributed by atoms with Gasteiger partial charge in [0.1, 0.15) is 5.75 Å². The van der Waals surface area contributed by atoms with E-state index in [-0.39, 0.29) is 11.0 Å². The Bertz CT molecular complexity index is 422. The van der Waals surface area contributed by atoms with Crippen molar-refractivity contribution in [2.75, 3.05) is 13.7 Å². The zero-order valence-corrected chi connectivity index (χ0v) is 10.1. The van der Waals surface area contributed by atoms with E-state index in [1.54, 1.807) is 12.1 Å². The van der Waals surface area contributed by atoms with Gasteiger partial charge in [-0.15, -0.1) is 0 Å². The molecule has 1 aromatic rings. The molecule has 4 heteroatoms. The minimum absolute atomic E-state index is 0.0415. The van der Waals surface area contributed by atoms with Crippen molar-refractivity contribution in [3.8, 4) is 5.75 Å². The monoisotopic (exact) mass is 241 g/mol. The maximum Gasteiger partial charge on any atom is 0.270 e. The van der Waals surface area contributed by atoms with Gasteiger partial charge in [0.2, 0.25) is 0 Å². The van der Waals surface area contributed by atoms with Crippen LogP contribution in [0.5, 0.6) is 5.75 Å². The summed E-state index contributed by atoms with van der Waals surface area (Å²) >= 11 is 0. The summed E-state index contributed by atoms with van der Waals surface area (Å²) in [4.78, 5) is 0. The lowest BCUT2D eigenvalue weighted by Gasteiger charge is -2.24. The van der Waals surface area contributed by atoms with Crippen molar-refractivity contribution in [2.24, 2.45) is 5.73 Å². The van der Waals surface area contributed by atoms with Crippen LogP contribution in [-0.2, 0) is 11.3 Å². The van der Waals surface area contributed by atoms with E-state index in [0.29, 0.717) is 17.9 Å². The summed E-state index contributed by atoms with van der Waals surface area (Å²) in [6.45, 7) is 1.30. The fourth-order valence-electron chi connectivity index (χ4n) is 2.32. The fourth-order valence-corrected chi connectivity index (χ4v) is 2.32. The first-order valence-corrected chi connectivity index (χ1v) is 5.70. The Morgan fingerprint density at radius 2 is 2.06 bits per heavy atom. The van der Waals surface area contributed by atoms with Gasteiger partial charge >= 0.3 is 0 Å². The van der Waals surface area contributed by atoms with Crippen LogP contribution >= 0.6 is 0 Å². The zero-order chi connectivity index (χ0) is 12.7. The highest BCUT2D eigenvalue weighted by molar-refractivity contribution is 5.50. The van der Waals surface area contributed by atoms with Crippen LogP contribution in [0.1, 0.15) is 30.9 Å². The molecular weight excluding hydrogens is 224 g/mol. The van der Waals surface area contributed by atoms with E-state index in [1.165, 1.54) is 13.2 Å². The smallest absolute Gasteiger partial charge is 0.270 e. The molecule has 2 N–H and O–H groups in total. The van der Waals surface area contributed by atoms with Crippen LogP contribution in [0.2, 0.25) is 0 Å². The third-order valence-electron chi connectivity index (χ3n) is 3.49. The third-order valence-corrected chi connectivity index (χ3v) is 3.49. The molecule has 1 aromatic carbocycles. The molecule has 0 heterocycles. The van der Waals surface area contributed by atoms with E-state index in [1.807, 2.05) is 0 Å². The summed E-state index contributed by atoms with van der Waals surface area (Å²) in [5, 5.41) is 0. The molecule has 0 unspecified atom stereocenters. The van der Waals surface area contributed by atoms with Gasteiger partial charge in [-0.25, -0.2) is 8.78 Å². The van der Waals surface area contributed by atoms with Gasteiger partial charge in [-0.1, -0.05) is 12.1 Å². The summed E-state index contributed by atoms with van der Waals surface area (Å²) in [5.41, 5.74) is 6.07. The number of rotatable bonds is 4. The quantitative estimate of drug-likeness (QED) is 0.879. The minimum Gasteiger partial charge on any atom is -0.496 e. The molecule has 1 fully saturated rings. The molecule has 0 aromatic heterocycles. The molecule has 2 rings (SSSR count). The van der Waals surface area contributed by atoms with Gasteiger partial charge in [0.15, 0.2) is 0 Å². The van der Waals surface area contributed by atoms with Crippen LogP contribution < -0.4 is 10.5 Å². The molecule has 94 valence electrons. The van der Waals surface area contributed by atoms with Crippen molar-refractivity contribution < 1.29 is 13.5 Å². The van der Waals surface area contributed by atoms with Crippen molar-refractivity contribution in [3.63, 3.8) is 0 Å². The second-order valence-corrected chi connectivity index (χ2v) is 4.76. The van der Waals surface area contributed by atoms with Crippen molar-refractivity contribution in [1.29, 1.82) is 0 Å². The molecule has 1 aliphatic carbocycles. The van der Waals surface area contributed by atoms with Gasteiger partial charge in [-0.05, 0) is 18.9 Å². The number of hydrogen-bond donors (Lipinski definition) is 1. The number of hydrogen-bond acceptors (Lipinski definition) is 2. The number of alkyl halides is 2. The number of benzene rings is 1. The first-order chi connectivity index (χ1) is 7.94. The van der Waals surface area contributed by atoms with E-state index in [0.717, 1.165) is 19.8 Å². The van der Waals surface area contributed by atoms with Gasteiger partial charge in [-0.2, -0.15) is 0 Å². The highest BCUT2D eigenvalue weighted by atomic mass is 19.3. The van der Waals surface area contributed by atoms with Crippen molar-refractivity contribution in [3.05, 3.63) is 29.3 Å². The fraction of sp³-hybridized carbons (Fsp3) is 0.538. The van der Waals surface area contributed by atoms with Gasteiger partial charge in [0, 0.05) is 30.0 Å². The molecule has 2 nitrogen and oxygen atoms in total. The predicted molar refractivity (Wildman–Crippen MR) is 62.5 cm³/mol. The van der Waals surface area contributed by atoms with Gasteiger partial charge < -0.3 is 10.5 Å². The summed E-state index contributed by atoms with van der Waals surface area (Å²) in [6.07, 6.45) is 1.71. The van der Waals surface area contributed by atoms with E-state index >= 15 is 0 Å². The minimum atomic E-state index is -2.87. The zero-order valence-electron chi connectivity index (χ0n) is 10.1. The summed E-state index contributed by atoms with van der Waals surface area (Å²) in [7, 11) is 1.50. The van der Waals surface area contributed by atoms with Crippen LogP contribution in [0.15, 0.2) is 18.2 Å². The molecule has 0 spiro atoms. The van der Waals surface area contributed by atoms with E-state index < -0.39 is 5.92 Å². The Labute approximate surface area is 99.8 Å². The normalized spacial score (nSPS) is 17.9. The predicted octanol–water partition coefficient (Wildman–Crippen LogP) is 2.80. The lowest BCUT2D eigenvalue weighted by atomic mass is 9.88. The molecular formula is C13H17F2NO. The molecule has 1 aliphatic rings. The maximum absolute atomic E-state index is 13.6. The number of methoxy groups -OCH3 is 1. The van der Waals surface area contributed by atoms with Crippen LogP contribution in [0, 0.1) is 0 Å². The molecule has 17 heavy (non-hydrogen) atoms. The lowest BCUT2D eigenvalue weighted by molar-refractivity contribution is 0.0157. The van der Waals surface area contributed by atoms with Gasteiger partial charge in [0.05, 0.1) is 7.11 Å². The summed E-state index contributed by atoms with van der Waals surface area (Å²) < 4.78 is 32.5. The lowest BCUT2D eigenvalue weighted by Crippen LogP contribution is -2.25. The Morgan fingerprint density at radius 3 is 2.47 bits per heavy atom. The Balaban J connectivity index is 2.61. The topological polar surface area (TPSA) is 35.2 Å². The van der Waals surface area contributed by atoms with E-state index in [4.69, 9.17) is 10.5 Å². The Hall–Kier alpha value is -1.16. The first-order valence-electron chi connectivity index (χ1n) is 5.70. The molecule has 0 aliphatic heterocycles. The number of halogens is 2. The van der Waals surface area contributed by atoms with Crippen molar-refractivity contribution in [2.45, 2.75) is 31.1 Å². The average Bonchev–Trinajstić information content (AvgIpc) is 3.07. The molecule has 0 amide bonds. The molecule has 1 saturated carbocycles. The number of nitrogens with two attached hydrogens (primary N) is 1. The van der Waals surface area contributed by atoms with Crippen LogP contribution in [0.4, 0.5) is 8.78 Å². The highest BCUT2D eigenvalue weighted by Gasteiger charge is 2.48. The second-order valence-electron chi connectivity index (χ2n) is 4.76. The van der Waals surface area contributed by atoms with Crippen molar-refractivity contribution >= 4 is 0 Å². The first kappa shape index (κ1) is 12.3. The largest absolute Gasteiger partial charge is 0.496 e. The summed E-state index contributed by atoms with van der Waals surface area (Å²) in [5.74, 6) is -2.35. The molecule has 0 radical (unpaired) electrons. The SMILES string of the molecule is COc1cccc(C(C)(F)F)c1C1(CN)CC1. The van der Waals surface area contributed by atoms with Crippen LogP contribution in [0.25, 0.3) is 0 Å². The van der Waals surface area contributed by atoms with Crippen LogP contribution in [0.3, 0.4) is 0 Å². The standard InChI is InChI=1S/C13H17F2NO/c1-12(14,15)9-4-3-5-10(17-2)11(9)13(8-16)6-7-13/h3-5H,6-8,16H2,1-2H3. The van der Waals surface area contributed by atoms with Crippen molar-refractivity contribution in [1.82, 2.24) is 0 Å². The van der Waals surface area contributed by atoms with E-state index in [9.17, 15) is 8.78 Å². The van der Waals surface area contributed by atoms with E-state index in [2.05, 4.69) is 0 Å². The molecule has 0 atom stereocenters. The van der Waals surface area contributed by atoms with Gasteiger partial charge in [0.25, 0.3) is 5.92 Å². The Kier molecular flexibility index (Phi) is 2.86. The molecule has 0 saturated heterocycles. The average molecular weight is 241 g/mol. The molecule has 0 bridgehead atoms. The van der Waals surface area contributed by atoms with Crippen LogP contribution in [-0.4, -0.2) is 13.7 Å². The van der Waals surface area contributed by atoms with Gasteiger partial charge in [-0.3, -0.25) is 0 Å². The number of ether oxygens (including phenoxy) is 1. The Morgan fingerprint density at radius 1 is 1.41 bits per heavy atom. The highest BCUT2D eigenvalue weighted by Crippen LogP contribution is 2.53. The third kappa shape index (κ3) is 2.02. The maximum atomic E-state index is 13.6. The second kappa shape index (κ2) is 3.95. The summed E-state index contributed by atoms with van der Waals surface area (Å²) in [6, 6.07) is 4.79.